The highest BCUT2D eigenvalue weighted by molar-refractivity contribution is 7.90. The van der Waals surface area contributed by atoms with E-state index < -0.39 is 32.1 Å². The maximum Gasteiger partial charge on any atom is 0.185 e. The molecule has 0 spiro atoms. The molecule has 5 aromatic rings. The molecule has 0 saturated heterocycles. The van der Waals surface area contributed by atoms with Crippen LogP contribution in [0.2, 0.25) is 5.15 Å². The number of hydrogen-bond acceptors (Lipinski definition) is 7. The van der Waals surface area contributed by atoms with Crippen molar-refractivity contribution in [1.82, 2.24) is 19.9 Å². The number of sulfone groups is 1. The van der Waals surface area contributed by atoms with Gasteiger partial charge in [-0.2, -0.15) is 0 Å². The lowest BCUT2D eigenvalue weighted by molar-refractivity contribution is 0.548. The van der Waals surface area contributed by atoms with Gasteiger partial charge in [0.15, 0.2) is 15.7 Å². The van der Waals surface area contributed by atoms with Crippen molar-refractivity contribution >= 4 is 33.1 Å². The van der Waals surface area contributed by atoms with Crippen molar-refractivity contribution in [2.24, 2.45) is 0 Å². The zero-order valence-corrected chi connectivity index (χ0v) is 22.0. The summed E-state index contributed by atoms with van der Waals surface area (Å²) >= 11 is 6.28. The van der Waals surface area contributed by atoms with Gasteiger partial charge in [-0.3, -0.25) is 0 Å². The van der Waals surface area contributed by atoms with Gasteiger partial charge in [0, 0.05) is 41.3 Å². The van der Waals surface area contributed by atoms with Crippen molar-refractivity contribution in [1.29, 1.82) is 0 Å². The molecule has 0 aliphatic carbocycles. The topological polar surface area (TPSA) is 97.7 Å². The summed E-state index contributed by atoms with van der Waals surface area (Å²) in [5, 5.41) is 3.14. The molecule has 0 atom stereocenters. The van der Waals surface area contributed by atoms with E-state index in [0.717, 1.165) is 17.7 Å². The van der Waals surface area contributed by atoms with Gasteiger partial charge in [0.05, 0.1) is 5.75 Å². The number of hydrogen-bond donors (Lipinski definition) is 1. The minimum atomic E-state index is -4.19. The first kappa shape index (κ1) is 26.3. The number of pyridine rings is 2. The van der Waals surface area contributed by atoms with Crippen molar-refractivity contribution in [2.45, 2.75) is 17.6 Å². The van der Waals surface area contributed by atoms with Gasteiger partial charge in [-0.25, -0.2) is 37.1 Å². The summed E-state index contributed by atoms with van der Waals surface area (Å²) in [6.07, 6.45) is 4.77. The van der Waals surface area contributed by atoms with Gasteiger partial charge >= 0.3 is 0 Å². The zero-order chi connectivity index (χ0) is 27.6. The number of anilines is 2. The number of nitrogens with zero attached hydrogens (tertiary/aromatic N) is 4. The van der Waals surface area contributed by atoms with E-state index in [9.17, 15) is 17.2 Å². The molecule has 0 unspecified atom stereocenters. The second kappa shape index (κ2) is 10.8. The van der Waals surface area contributed by atoms with Crippen LogP contribution in [0.4, 0.5) is 20.4 Å². The van der Waals surface area contributed by atoms with Crippen molar-refractivity contribution in [2.75, 3.05) is 5.32 Å². The Kier molecular flexibility index (Phi) is 7.32. The Labute approximate surface area is 228 Å². The Bertz CT molecular complexity index is 1790. The monoisotopic (exact) mass is 563 g/mol. The van der Waals surface area contributed by atoms with Gasteiger partial charge in [-0.15, -0.1) is 0 Å². The molecule has 0 radical (unpaired) electrons. The van der Waals surface area contributed by atoms with Crippen LogP contribution in [0.1, 0.15) is 11.1 Å². The highest BCUT2D eigenvalue weighted by atomic mass is 35.5. The number of aromatic nitrogens is 4. The van der Waals surface area contributed by atoms with Gasteiger partial charge < -0.3 is 5.32 Å². The lowest BCUT2D eigenvalue weighted by Gasteiger charge is -2.14. The highest BCUT2D eigenvalue weighted by Gasteiger charge is 2.24. The second-order valence-corrected chi connectivity index (χ2v) is 10.9. The summed E-state index contributed by atoms with van der Waals surface area (Å²) in [5.74, 6) is -1.07. The van der Waals surface area contributed by atoms with Crippen LogP contribution in [0.5, 0.6) is 0 Å². The quantitative estimate of drug-likeness (QED) is 0.177. The smallest absolute Gasteiger partial charge is 0.185 e. The van der Waals surface area contributed by atoms with Gasteiger partial charge in [0.25, 0.3) is 0 Å². The summed E-state index contributed by atoms with van der Waals surface area (Å²) in [7, 11) is -4.19. The molecule has 7 nitrogen and oxygen atoms in total. The summed E-state index contributed by atoms with van der Waals surface area (Å²) in [5.41, 5.74) is 2.94. The molecule has 0 fully saturated rings. The molecule has 0 aliphatic heterocycles. The second-order valence-electron chi connectivity index (χ2n) is 8.59. The molecule has 0 amide bonds. The normalized spacial score (nSPS) is 11.4. The van der Waals surface area contributed by atoms with Crippen molar-refractivity contribution < 1.29 is 17.2 Å². The summed E-state index contributed by atoms with van der Waals surface area (Å²) in [6.45, 7) is 1.71. The third-order valence-corrected chi connectivity index (χ3v) is 7.99. The first-order valence-electron chi connectivity index (χ1n) is 11.6. The third-order valence-electron chi connectivity index (χ3n) is 5.99. The van der Waals surface area contributed by atoms with E-state index in [1.165, 1.54) is 6.20 Å². The number of rotatable bonds is 7. The van der Waals surface area contributed by atoms with E-state index in [-0.39, 0.29) is 10.7 Å². The zero-order valence-electron chi connectivity index (χ0n) is 20.4. The molecule has 2 aromatic carbocycles. The number of halogens is 3. The first-order valence-corrected chi connectivity index (χ1v) is 13.7. The minimum absolute atomic E-state index is 0.0239. The predicted octanol–water partition coefficient (Wildman–Crippen LogP) is 6.56. The van der Waals surface area contributed by atoms with Crippen LogP contribution >= 0.6 is 11.6 Å². The Balaban J connectivity index is 1.45. The molecule has 39 heavy (non-hydrogen) atoms. The van der Waals surface area contributed by atoms with Crippen LogP contribution in [-0.2, 0) is 15.6 Å². The van der Waals surface area contributed by atoms with E-state index in [4.69, 9.17) is 11.6 Å². The van der Waals surface area contributed by atoms with Crippen molar-refractivity contribution in [3.05, 3.63) is 113 Å². The lowest BCUT2D eigenvalue weighted by atomic mass is 10.0. The highest BCUT2D eigenvalue weighted by Crippen LogP contribution is 2.32. The van der Waals surface area contributed by atoms with Crippen LogP contribution in [-0.4, -0.2) is 28.4 Å². The molecule has 3 heterocycles. The summed E-state index contributed by atoms with van der Waals surface area (Å²) in [6, 6.07) is 17.1. The van der Waals surface area contributed by atoms with E-state index >= 15 is 0 Å². The molecule has 1 N–H and O–H groups in total. The molecular weight excluding hydrogens is 544 g/mol. The minimum Gasteiger partial charge on any atom is -0.325 e. The van der Waals surface area contributed by atoms with E-state index in [0.29, 0.717) is 40.2 Å². The van der Waals surface area contributed by atoms with Crippen LogP contribution in [0, 0.1) is 18.6 Å². The maximum absolute atomic E-state index is 14.2. The Hall–Kier alpha value is -4.28. The molecule has 3 aromatic heterocycles. The van der Waals surface area contributed by atoms with Crippen LogP contribution in [0.3, 0.4) is 0 Å². The predicted molar refractivity (Wildman–Crippen MR) is 145 cm³/mol. The van der Waals surface area contributed by atoms with Crippen LogP contribution in [0.25, 0.3) is 22.5 Å². The van der Waals surface area contributed by atoms with E-state index in [1.807, 2.05) is 30.3 Å². The number of benzene rings is 2. The van der Waals surface area contributed by atoms with Gasteiger partial charge in [0.2, 0.25) is 0 Å². The molecule has 0 bridgehead atoms. The van der Waals surface area contributed by atoms with Gasteiger partial charge in [-0.05, 0) is 48.4 Å². The maximum atomic E-state index is 14.2. The fourth-order valence-electron chi connectivity index (χ4n) is 4.02. The molecule has 196 valence electrons. The third kappa shape index (κ3) is 5.76. The van der Waals surface area contributed by atoms with Gasteiger partial charge in [-0.1, -0.05) is 41.9 Å². The Morgan fingerprint density at radius 3 is 2.41 bits per heavy atom. The Morgan fingerprint density at radius 2 is 1.64 bits per heavy atom. The van der Waals surface area contributed by atoms with Crippen molar-refractivity contribution in [3.8, 4) is 22.5 Å². The Morgan fingerprint density at radius 1 is 0.872 bits per heavy atom. The average Bonchev–Trinajstić information content (AvgIpc) is 2.92. The largest absolute Gasteiger partial charge is 0.325 e. The molecule has 11 heteroatoms. The fourth-order valence-corrected chi connectivity index (χ4v) is 5.88. The molecule has 5 rings (SSSR count). The fraction of sp³-hybridized carbons (Fsp3) is 0.0714. The SMILES string of the molecule is Cc1c(-c2ccnc(Nc3ccnc(-c4ccccc4)n3)c2)cnc(Cl)c1CS(=O)(=O)c1ccc(F)cc1F. The average molecular weight is 564 g/mol. The van der Waals surface area contributed by atoms with Gasteiger partial charge in [0.1, 0.15) is 33.3 Å². The van der Waals surface area contributed by atoms with E-state index in [2.05, 4.69) is 25.3 Å². The molecular formula is C28H20ClF2N5O2S. The van der Waals surface area contributed by atoms with Crippen LogP contribution in [0.15, 0.2) is 90.2 Å². The molecule has 0 aliphatic rings. The van der Waals surface area contributed by atoms with E-state index in [1.54, 1.807) is 37.5 Å². The van der Waals surface area contributed by atoms with Crippen LogP contribution < -0.4 is 5.32 Å². The number of nitrogens with one attached hydrogen (secondary N) is 1. The first-order chi connectivity index (χ1) is 18.7. The lowest BCUT2D eigenvalue weighted by Crippen LogP contribution is -2.10. The molecule has 0 saturated carbocycles. The standard InChI is InChI=1S/C28H20ClF2N5O2S/c1-17-21(15-34-27(29)22(17)16-39(37,38)24-8-7-20(30)14-23(24)31)19-9-11-32-26(13-19)35-25-10-12-33-28(36-25)18-5-3-2-4-6-18/h2-15H,16H2,1H3,(H,32,33,35,36). The summed E-state index contributed by atoms with van der Waals surface area (Å²) in [4.78, 5) is 16.8. The van der Waals surface area contributed by atoms with Crippen molar-refractivity contribution in [3.63, 3.8) is 0 Å². The summed E-state index contributed by atoms with van der Waals surface area (Å²) < 4.78 is 53.5.